The van der Waals surface area contributed by atoms with Crippen molar-refractivity contribution in [1.29, 1.82) is 0 Å². The largest absolute Gasteiger partial charge is 0.465 e. The van der Waals surface area contributed by atoms with Gasteiger partial charge in [-0.1, -0.05) is 37.1 Å². The van der Waals surface area contributed by atoms with Gasteiger partial charge in [0.15, 0.2) is 0 Å². The maximum absolute atomic E-state index is 11.7. The Labute approximate surface area is 117 Å². The maximum Gasteiger partial charge on any atom is 0.312 e. The lowest BCUT2D eigenvalue weighted by Crippen LogP contribution is -2.13. The number of rotatable bonds is 0. The van der Waals surface area contributed by atoms with Gasteiger partial charge in [0.25, 0.3) is 0 Å². The van der Waals surface area contributed by atoms with E-state index in [1.165, 1.54) is 38.5 Å². The molecule has 0 N–H and O–H groups in total. The van der Waals surface area contributed by atoms with Gasteiger partial charge in [-0.2, -0.15) is 0 Å². The number of ether oxygens (including phenoxy) is 1. The van der Waals surface area contributed by atoms with Crippen LogP contribution in [0, 0.1) is 5.92 Å². The molecule has 0 aromatic heterocycles. The Morgan fingerprint density at radius 2 is 1.47 bits per heavy atom. The van der Waals surface area contributed by atoms with Gasteiger partial charge in [-0.15, -0.1) is 0 Å². The third-order valence-electron chi connectivity index (χ3n) is 3.46. The first-order valence-corrected chi connectivity index (χ1v) is 7.79. The topological polar surface area (TPSA) is 26.3 Å². The van der Waals surface area contributed by atoms with E-state index in [1.54, 1.807) is 0 Å². The number of esters is 1. The lowest BCUT2D eigenvalue weighted by atomic mass is 10.1. The smallest absolute Gasteiger partial charge is 0.312 e. The van der Waals surface area contributed by atoms with Crippen LogP contribution in [0.5, 0.6) is 0 Å². The van der Waals surface area contributed by atoms with Gasteiger partial charge in [-0.25, -0.2) is 0 Å². The van der Waals surface area contributed by atoms with Crippen molar-refractivity contribution in [2.45, 2.75) is 64.7 Å². The van der Waals surface area contributed by atoms with Gasteiger partial charge in [0.1, 0.15) is 0 Å². The zero-order valence-corrected chi connectivity index (χ0v) is 12.3. The van der Waals surface area contributed by atoms with Crippen LogP contribution in [0.15, 0.2) is 24.3 Å². The minimum atomic E-state index is -0.101. The molecule has 108 valence electrons. The molecule has 1 aliphatic rings. The van der Waals surface area contributed by atoms with Gasteiger partial charge in [-0.05, 0) is 51.9 Å². The summed E-state index contributed by atoms with van der Waals surface area (Å²) < 4.78 is 5.28. The Hall–Kier alpha value is -1.05. The second-order valence-electron chi connectivity index (χ2n) is 5.34. The van der Waals surface area contributed by atoms with E-state index in [1.807, 2.05) is 13.0 Å². The molecule has 1 atom stereocenters. The van der Waals surface area contributed by atoms with Crippen LogP contribution in [0.25, 0.3) is 0 Å². The lowest BCUT2D eigenvalue weighted by Gasteiger charge is -2.07. The Kier molecular flexibility index (Phi) is 9.13. The van der Waals surface area contributed by atoms with E-state index in [9.17, 15) is 4.79 Å². The van der Waals surface area contributed by atoms with Crippen molar-refractivity contribution >= 4 is 5.97 Å². The average molecular weight is 264 g/mol. The van der Waals surface area contributed by atoms with E-state index in [2.05, 4.69) is 18.2 Å². The maximum atomic E-state index is 11.7. The van der Waals surface area contributed by atoms with Crippen LogP contribution < -0.4 is 0 Å². The van der Waals surface area contributed by atoms with E-state index in [0.29, 0.717) is 6.61 Å². The minimum absolute atomic E-state index is 0.0813. The van der Waals surface area contributed by atoms with E-state index in [4.69, 9.17) is 4.74 Å². The summed E-state index contributed by atoms with van der Waals surface area (Å²) in [4.78, 5) is 11.7. The number of carbonyl (C=O) groups excluding carboxylic acids is 1. The van der Waals surface area contributed by atoms with Gasteiger partial charge in [0.05, 0.1) is 12.5 Å². The number of hydrogen-bond donors (Lipinski definition) is 0. The highest BCUT2D eigenvalue weighted by Crippen LogP contribution is 2.09. The average Bonchev–Trinajstić information content (AvgIpc) is 2.41. The van der Waals surface area contributed by atoms with Crippen molar-refractivity contribution in [2.24, 2.45) is 5.92 Å². The molecule has 0 fully saturated rings. The molecule has 0 radical (unpaired) electrons. The molecule has 0 aromatic carbocycles. The van der Waals surface area contributed by atoms with Crippen LogP contribution in [0.2, 0.25) is 0 Å². The predicted octanol–water partition coefficient (Wildman–Crippen LogP) is 4.80. The van der Waals surface area contributed by atoms with E-state index < -0.39 is 0 Å². The Morgan fingerprint density at radius 1 is 0.895 bits per heavy atom. The van der Waals surface area contributed by atoms with Gasteiger partial charge >= 0.3 is 5.97 Å². The van der Waals surface area contributed by atoms with E-state index in [-0.39, 0.29) is 11.9 Å². The summed E-state index contributed by atoms with van der Waals surface area (Å²) in [6, 6.07) is 0. The lowest BCUT2D eigenvalue weighted by molar-refractivity contribution is -0.146. The minimum Gasteiger partial charge on any atom is -0.465 e. The molecule has 1 rings (SSSR count). The molecule has 0 bridgehead atoms. The fraction of sp³-hybridized carbons (Fsp3) is 0.706. The summed E-state index contributed by atoms with van der Waals surface area (Å²) in [5.41, 5.74) is 0. The molecule has 1 aliphatic heterocycles. The summed E-state index contributed by atoms with van der Waals surface area (Å²) in [6.07, 6.45) is 19.2. The van der Waals surface area contributed by atoms with E-state index in [0.717, 1.165) is 19.3 Å². The highest BCUT2D eigenvalue weighted by atomic mass is 16.5. The quantitative estimate of drug-likeness (QED) is 0.464. The van der Waals surface area contributed by atoms with Gasteiger partial charge < -0.3 is 4.74 Å². The first-order chi connectivity index (χ1) is 9.30. The first kappa shape index (κ1) is 16.0. The highest BCUT2D eigenvalue weighted by molar-refractivity contribution is 5.73. The molecule has 1 unspecified atom stereocenters. The molecule has 19 heavy (non-hydrogen) atoms. The zero-order chi connectivity index (χ0) is 13.8. The fourth-order valence-corrected chi connectivity index (χ4v) is 2.16. The first-order valence-electron chi connectivity index (χ1n) is 7.79. The van der Waals surface area contributed by atoms with Crippen LogP contribution in [-0.4, -0.2) is 12.6 Å². The molecule has 2 heteroatoms. The molecule has 0 saturated heterocycles. The number of hydrogen-bond acceptors (Lipinski definition) is 2. The number of allylic oxidation sites excluding steroid dienone is 3. The van der Waals surface area contributed by atoms with Crippen LogP contribution in [-0.2, 0) is 9.53 Å². The zero-order valence-electron chi connectivity index (χ0n) is 12.3. The molecule has 0 saturated carbocycles. The Morgan fingerprint density at radius 3 is 2.21 bits per heavy atom. The third-order valence-corrected chi connectivity index (χ3v) is 3.46. The molecule has 0 amide bonds. The number of cyclic esters (lactones) is 1. The van der Waals surface area contributed by atoms with E-state index >= 15 is 0 Å². The second kappa shape index (κ2) is 10.8. The third kappa shape index (κ3) is 8.63. The van der Waals surface area contributed by atoms with Gasteiger partial charge in [0.2, 0.25) is 0 Å². The fourth-order valence-electron chi connectivity index (χ4n) is 2.16. The van der Waals surface area contributed by atoms with Gasteiger partial charge in [0, 0.05) is 0 Å². The summed E-state index contributed by atoms with van der Waals surface area (Å²) in [5, 5.41) is 0. The summed E-state index contributed by atoms with van der Waals surface area (Å²) in [5.74, 6) is -0.183. The summed E-state index contributed by atoms with van der Waals surface area (Å²) >= 11 is 0. The summed E-state index contributed by atoms with van der Waals surface area (Å²) in [6.45, 7) is 2.49. The highest BCUT2D eigenvalue weighted by Gasteiger charge is 2.10. The second-order valence-corrected chi connectivity index (χ2v) is 5.34. The van der Waals surface area contributed by atoms with Crippen LogP contribution in [0.1, 0.15) is 64.7 Å². The standard InChI is InChI=1S/C17H28O2/c1-16-14-12-10-8-6-4-2-3-5-7-9-11-13-15-19-17(16)18/h2-3,12,14,16H,4-11,13,15H2,1H3. The molecule has 0 aliphatic carbocycles. The molecule has 1 heterocycles. The molecule has 0 spiro atoms. The van der Waals surface area contributed by atoms with Crippen LogP contribution >= 0.6 is 0 Å². The molecule has 2 nitrogen and oxygen atoms in total. The van der Waals surface area contributed by atoms with Crippen molar-refractivity contribution < 1.29 is 9.53 Å². The van der Waals surface area contributed by atoms with Crippen molar-refractivity contribution in [3.63, 3.8) is 0 Å². The predicted molar refractivity (Wildman–Crippen MR) is 80.0 cm³/mol. The summed E-state index contributed by atoms with van der Waals surface area (Å²) in [7, 11) is 0. The van der Waals surface area contributed by atoms with Gasteiger partial charge in [-0.3, -0.25) is 4.79 Å². The van der Waals surface area contributed by atoms with Crippen molar-refractivity contribution in [1.82, 2.24) is 0 Å². The monoisotopic (exact) mass is 264 g/mol. The van der Waals surface area contributed by atoms with Crippen molar-refractivity contribution in [3.05, 3.63) is 24.3 Å². The molecule has 0 aromatic rings. The van der Waals surface area contributed by atoms with Crippen LogP contribution in [0.4, 0.5) is 0 Å². The normalized spacial score (nSPS) is 24.7. The number of carbonyl (C=O) groups is 1. The SMILES string of the molecule is CC1C=CCCCCC=CCCCCCCOC1=O. The Bertz CT molecular complexity index is 292. The van der Waals surface area contributed by atoms with Crippen molar-refractivity contribution in [3.8, 4) is 0 Å². The molecular formula is C17H28O2. The van der Waals surface area contributed by atoms with Crippen molar-refractivity contribution in [2.75, 3.05) is 6.61 Å². The van der Waals surface area contributed by atoms with Crippen LogP contribution in [0.3, 0.4) is 0 Å². The molecular weight excluding hydrogens is 236 g/mol. The Balaban J connectivity index is 2.34.